The minimum absolute atomic E-state index is 0.0481. The van der Waals surface area contributed by atoms with Crippen LogP contribution < -0.4 is 0 Å². The van der Waals surface area contributed by atoms with Crippen LogP contribution in [0.4, 0.5) is 8.78 Å². The number of ketones is 1. The molecule has 0 fully saturated rings. The molecular formula is C12H11F2N3O. The number of hydrogen-bond donors (Lipinski definition) is 0. The van der Waals surface area contributed by atoms with Gasteiger partial charge in [-0.25, -0.2) is 13.8 Å². The van der Waals surface area contributed by atoms with E-state index in [9.17, 15) is 13.6 Å². The summed E-state index contributed by atoms with van der Waals surface area (Å²) in [6.07, 6.45) is 1.23. The molecule has 0 aliphatic heterocycles. The number of carbonyl (C=O) groups is 1. The standard InChI is InChI=1S/C12H11F2N3O/c1-17-11(15-7-16-17)6-9(18)5-8-3-2-4-10(13)12(8)14/h2-4,7H,5-6H2,1H3. The molecule has 4 nitrogen and oxygen atoms in total. The Hall–Kier alpha value is -2.11. The van der Waals surface area contributed by atoms with Crippen molar-refractivity contribution in [1.82, 2.24) is 14.8 Å². The molecule has 1 aromatic carbocycles. The van der Waals surface area contributed by atoms with Crippen molar-refractivity contribution in [2.45, 2.75) is 12.8 Å². The molecule has 1 heterocycles. The number of halogens is 2. The Balaban J connectivity index is 2.08. The monoisotopic (exact) mass is 251 g/mol. The van der Waals surface area contributed by atoms with E-state index in [2.05, 4.69) is 10.1 Å². The quantitative estimate of drug-likeness (QED) is 0.826. The van der Waals surface area contributed by atoms with Gasteiger partial charge in [0.05, 0.1) is 6.42 Å². The highest BCUT2D eigenvalue weighted by Gasteiger charge is 2.13. The van der Waals surface area contributed by atoms with E-state index in [0.717, 1.165) is 6.07 Å². The Kier molecular flexibility index (Phi) is 3.45. The van der Waals surface area contributed by atoms with Gasteiger partial charge in [0.2, 0.25) is 0 Å². The molecule has 0 atom stereocenters. The van der Waals surface area contributed by atoms with E-state index >= 15 is 0 Å². The van der Waals surface area contributed by atoms with E-state index in [0.29, 0.717) is 5.82 Å². The van der Waals surface area contributed by atoms with Gasteiger partial charge in [0.15, 0.2) is 11.6 Å². The second-order valence-corrected chi connectivity index (χ2v) is 3.91. The van der Waals surface area contributed by atoms with Gasteiger partial charge in [-0.2, -0.15) is 5.10 Å². The Morgan fingerprint density at radius 2 is 2.11 bits per heavy atom. The van der Waals surface area contributed by atoms with Crippen LogP contribution in [-0.4, -0.2) is 20.5 Å². The molecule has 0 spiro atoms. The lowest BCUT2D eigenvalue weighted by atomic mass is 10.1. The molecule has 1 aromatic heterocycles. The first-order valence-corrected chi connectivity index (χ1v) is 5.35. The van der Waals surface area contributed by atoms with Gasteiger partial charge in [-0.3, -0.25) is 9.48 Å². The number of Topliss-reactive ketones (excluding diaryl/α,β-unsaturated/α-hetero) is 1. The topological polar surface area (TPSA) is 47.8 Å². The summed E-state index contributed by atoms with van der Waals surface area (Å²) in [4.78, 5) is 15.6. The van der Waals surface area contributed by atoms with Crippen LogP contribution in [0, 0.1) is 11.6 Å². The summed E-state index contributed by atoms with van der Waals surface area (Å²) in [5.41, 5.74) is 0.0576. The number of nitrogens with zero attached hydrogens (tertiary/aromatic N) is 3. The van der Waals surface area contributed by atoms with Crippen molar-refractivity contribution in [3.63, 3.8) is 0 Å². The zero-order chi connectivity index (χ0) is 13.1. The summed E-state index contributed by atoms with van der Waals surface area (Å²) >= 11 is 0. The molecule has 0 bridgehead atoms. The molecule has 0 saturated carbocycles. The van der Waals surface area contributed by atoms with Crippen LogP contribution in [0.25, 0.3) is 0 Å². The van der Waals surface area contributed by atoms with E-state index < -0.39 is 11.6 Å². The van der Waals surface area contributed by atoms with Crippen molar-refractivity contribution in [2.75, 3.05) is 0 Å². The maximum atomic E-state index is 13.4. The summed E-state index contributed by atoms with van der Waals surface area (Å²) < 4.78 is 27.8. The molecule has 94 valence electrons. The number of carbonyl (C=O) groups excluding carboxylic acids is 1. The van der Waals surface area contributed by atoms with Gasteiger partial charge in [0, 0.05) is 13.5 Å². The molecule has 0 aliphatic rings. The van der Waals surface area contributed by atoms with Gasteiger partial charge in [0.1, 0.15) is 17.9 Å². The Bertz CT molecular complexity index is 580. The first-order valence-electron chi connectivity index (χ1n) is 5.35. The van der Waals surface area contributed by atoms with Gasteiger partial charge >= 0.3 is 0 Å². The lowest BCUT2D eigenvalue weighted by Gasteiger charge is -2.03. The first-order chi connectivity index (χ1) is 8.58. The van der Waals surface area contributed by atoms with Crippen LogP contribution >= 0.6 is 0 Å². The summed E-state index contributed by atoms with van der Waals surface area (Å²) in [6.45, 7) is 0. The number of aromatic nitrogens is 3. The largest absolute Gasteiger partial charge is 0.299 e. The van der Waals surface area contributed by atoms with Gasteiger partial charge < -0.3 is 0 Å². The third-order valence-corrected chi connectivity index (χ3v) is 2.58. The molecule has 18 heavy (non-hydrogen) atoms. The maximum Gasteiger partial charge on any atom is 0.162 e. The van der Waals surface area contributed by atoms with Crippen molar-refractivity contribution in [3.05, 3.63) is 47.5 Å². The van der Waals surface area contributed by atoms with Gasteiger partial charge in [0.25, 0.3) is 0 Å². The Labute approximate surface area is 102 Å². The lowest BCUT2D eigenvalue weighted by molar-refractivity contribution is -0.118. The van der Waals surface area contributed by atoms with Crippen molar-refractivity contribution in [1.29, 1.82) is 0 Å². The third kappa shape index (κ3) is 2.58. The highest BCUT2D eigenvalue weighted by molar-refractivity contribution is 5.82. The van der Waals surface area contributed by atoms with Crippen molar-refractivity contribution in [3.8, 4) is 0 Å². The van der Waals surface area contributed by atoms with Gasteiger partial charge in [-0.05, 0) is 11.6 Å². The van der Waals surface area contributed by atoms with Crippen molar-refractivity contribution in [2.24, 2.45) is 7.05 Å². The van der Waals surface area contributed by atoms with E-state index in [-0.39, 0.29) is 24.2 Å². The second-order valence-electron chi connectivity index (χ2n) is 3.91. The van der Waals surface area contributed by atoms with Crippen molar-refractivity contribution < 1.29 is 13.6 Å². The fourth-order valence-corrected chi connectivity index (χ4v) is 1.62. The van der Waals surface area contributed by atoms with E-state index in [1.165, 1.54) is 23.1 Å². The van der Waals surface area contributed by atoms with Crippen LogP contribution in [-0.2, 0) is 24.7 Å². The molecule has 6 heteroatoms. The minimum atomic E-state index is -0.969. The number of aryl methyl sites for hydroxylation is 1. The average Bonchev–Trinajstić information content (AvgIpc) is 2.71. The summed E-state index contributed by atoms with van der Waals surface area (Å²) in [5.74, 6) is -1.66. The van der Waals surface area contributed by atoms with Crippen LogP contribution in [0.5, 0.6) is 0 Å². The zero-order valence-corrected chi connectivity index (χ0v) is 9.73. The lowest BCUT2D eigenvalue weighted by Crippen LogP contribution is -2.12. The molecule has 2 rings (SSSR count). The first kappa shape index (κ1) is 12.3. The average molecular weight is 251 g/mol. The zero-order valence-electron chi connectivity index (χ0n) is 9.73. The number of benzene rings is 1. The molecule has 0 saturated heterocycles. The van der Waals surface area contributed by atoms with Gasteiger partial charge in [-0.1, -0.05) is 12.1 Å². The normalized spacial score (nSPS) is 10.6. The van der Waals surface area contributed by atoms with Crippen LogP contribution in [0.2, 0.25) is 0 Å². The molecule has 0 radical (unpaired) electrons. The molecule has 0 aliphatic carbocycles. The van der Waals surface area contributed by atoms with Gasteiger partial charge in [-0.15, -0.1) is 0 Å². The summed E-state index contributed by atoms with van der Waals surface area (Å²) in [7, 11) is 1.67. The Morgan fingerprint density at radius 1 is 1.33 bits per heavy atom. The van der Waals surface area contributed by atoms with Crippen LogP contribution in [0.3, 0.4) is 0 Å². The fourth-order valence-electron chi connectivity index (χ4n) is 1.62. The summed E-state index contributed by atoms with van der Waals surface area (Å²) in [5, 5.41) is 3.83. The summed E-state index contributed by atoms with van der Waals surface area (Å²) in [6, 6.07) is 3.79. The number of rotatable bonds is 4. The predicted molar refractivity (Wildman–Crippen MR) is 59.8 cm³/mol. The Morgan fingerprint density at radius 3 is 2.78 bits per heavy atom. The van der Waals surface area contributed by atoms with Crippen molar-refractivity contribution >= 4 is 5.78 Å². The van der Waals surface area contributed by atoms with Crippen LogP contribution in [0.1, 0.15) is 11.4 Å². The van der Waals surface area contributed by atoms with E-state index in [1.54, 1.807) is 7.05 Å². The third-order valence-electron chi connectivity index (χ3n) is 2.58. The maximum absolute atomic E-state index is 13.4. The van der Waals surface area contributed by atoms with E-state index in [1.807, 2.05) is 0 Å². The molecule has 2 aromatic rings. The molecule has 0 N–H and O–H groups in total. The highest BCUT2D eigenvalue weighted by Crippen LogP contribution is 2.12. The predicted octanol–water partition coefficient (Wildman–Crippen LogP) is 1.45. The SMILES string of the molecule is Cn1ncnc1CC(=O)Cc1cccc(F)c1F. The van der Waals surface area contributed by atoms with Crippen LogP contribution in [0.15, 0.2) is 24.5 Å². The molecule has 0 amide bonds. The molecular weight excluding hydrogens is 240 g/mol. The van der Waals surface area contributed by atoms with E-state index in [4.69, 9.17) is 0 Å². The number of hydrogen-bond acceptors (Lipinski definition) is 3. The molecule has 0 unspecified atom stereocenters. The smallest absolute Gasteiger partial charge is 0.162 e. The second kappa shape index (κ2) is 5.03. The fraction of sp³-hybridized carbons (Fsp3) is 0.250. The highest BCUT2D eigenvalue weighted by atomic mass is 19.2. The minimum Gasteiger partial charge on any atom is -0.299 e.